The molecular weight excluding hydrogens is 302 g/mol. The molecule has 1 aromatic heterocycles. The Morgan fingerprint density at radius 3 is 2.83 bits per heavy atom. The maximum atomic E-state index is 12.0. The summed E-state index contributed by atoms with van der Waals surface area (Å²) in [4.78, 5) is 19.4. The molecule has 0 aliphatic rings. The number of carbonyl (C=O) groups excluding carboxylic acids is 1. The first-order valence-electron chi connectivity index (χ1n) is 7.81. The Kier molecular flexibility index (Phi) is 4.61. The molecular formula is C19H19N3O2. The van der Waals surface area contributed by atoms with Gasteiger partial charge in [0.05, 0.1) is 17.1 Å². The first-order valence-corrected chi connectivity index (χ1v) is 7.81. The molecule has 0 radical (unpaired) electrons. The van der Waals surface area contributed by atoms with Crippen LogP contribution in [0.2, 0.25) is 0 Å². The maximum Gasteiger partial charge on any atom is 0.250 e. The second kappa shape index (κ2) is 7.00. The Labute approximate surface area is 140 Å². The molecule has 5 nitrogen and oxygen atoms in total. The summed E-state index contributed by atoms with van der Waals surface area (Å²) in [5.41, 5.74) is 2.60. The molecule has 2 aromatic carbocycles. The molecule has 2 N–H and O–H groups in total. The highest BCUT2D eigenvalue weighted by atomic mass is 16.5. The number of anilines is 1. The summed E-state index contributed by atoms with van der Waals surface area (Å²) < 4.78 is 5.64. The van der Waals surface area contributed by atoms with Crippen molar-refractivity contribution < 1.29 is 9.53 Å². The molecule has 0 aliphatic heterocycles. The number of ether oxygens (including phenoxy) is 1. The number of benzene rings is 2. The summed E-state index contributed by atoms with van der Waals surface area (Å²) in [5.74, 6) is 0.969. The van der Waals surface area contributed by atoms with E-state index in [1.165, 1.54) is 6.08 Å². The molecule has 5 heteroatoms. The smallest absolute Gasteiger partial charge is 0.250 e. The van der Waals surface area contributed by atoms with Gasteiger partial charge in [-0.05, 0) is 49.8 Å². The standard InChI is InChI=1S/C19H19N3O2/c1-13(2)24-15-7-5-6-14(12-15)10-11-18(23)22-19-20-16-8-3-4-9-17(16)21-19/h3-13H,1-2H3,(H2,20,21,22,23)/b11-10+. The van der Waals surface area contributed by atoms with E-state index in [1.54, 1.807) is 6.08 Å². The fraction of sp³-hybridized carbons (Fsp3) is 0.158. The van der Waals surface area contributed by atoms with Crippen molar-refractivity contribution in [1.82, 2.24) is 9.97 Å². The molecule has 24 heavy (non-hydrogen) atoms. The number of amides is 1. The van der Waals surface area contributed by atoms with Gasteiger partial charge in [-0.15, -0.1) is 0 Å². The number of aromatic nitrogens is 2. The quantitative estimate of drug-likeness (QED) is 0.698. The predicted molar refractivity (Wildman–Crippen MR) is 96.0 cm³/mol. The summed E-state index contributed by atoms with van der Waals surface area (Å²) in [7, 11) is 0. The van der Waals surface area contributed by atoms with E-state index in [4.69, 9.17) is 4.74 Å². The molecule has 0 fully saturated rings. The number of aromatic amines is 1. The number of para-hydroxylation sites is 2. The first kappa shape index (κ1) is 15.8. The maximum absolute atomic E-state index is 12.0. The van der Waals surface area contributed by atoms with Gasteiger partial charge in [-0.25, -0.2) is 4.98 Å². The third kappa shape index (κ3) is 4.01. The minimum Gasteiger partial charge on any atom is -0.491 e. The van der Waals surface area contributed by atoms with Crippen molar-refractivity contribution >= 4 is 29.0 Å². The summed E-state index contributed by atoms with van der Waals surface area (Å²) in [6.45, 7) is 3.95. The van der Waals surface area contributed by atoms with E-state index in [-0.39, 0.29) is 12.0 Å². The summed E-state index contributed by atoms with van der Waals surface area (Å²) in [6, 6.07) is 15.2. The highest BCUT2D eigenvalue weighted by Crippen LogP contribution is 2.16. The van der Waals surface area contributed by atoms with E-state index in [2.05, 4.69) is 15.3 Å². The molecule has 0 unspecified atom stereocenters. The van der Waals surface area contributed by atoms with Crippen molar-refractivity contribution in [2.75, 3.05) is 5.32 Å². The topological polar surface area (TPSA) is 67.0 Å². The minimum atomic E-state index is -0.246. The van der Waals surface area contributed by atoms with Gasteiger partial charge < -0.3 is 9.72 Å². The van der Waals surface area contributed by atoms with E-state index in [0.717, 1.165) is 22.3 Å². The van der Waals surface area contributed by atoms with Crippen molar-refractivity contribution in [1.29, 1.82) is 0 Å². The Hall–Kier alpha value is -3.08. The number of H-pyrrole nitrogens is 1. The molecule has 0 bridgehead atoms. The highest BCUT2D eigenvalue weighted by Gasteiger charge is 2.04. The zero-order valence-corrected chi connectivity index (χ0v) is 13.6. The van der Waals surface area contributed by atoms with Crippen molar-refractivity contribution in [2.24, 2.45) is 0 Å². The van der Waals surface area contributed by atoms with Crippen LogP contribution in [0.1, 0.15) is 19.4 Å². The van der Waals surface area contributed by atoms with Crippen LogP contribution in [0.25, 0.3) is 17.1 Å². The summed E-state index contributed by atoms with van der Waals surface area (Å²) in [6.07, 6.45) is 3.33. The van der Waals surface area contributed by atoms with Crippen LogP contribution < -0.4 is 10.1 Å². The Morgan fingerprint density at radius 2 is 2.04 bits per heavy atom. The molecule has 3 aromatic rings. The van der Waals surface area contributed by atoms with E-state index in [0.29, 0.717) is 5.95 Å². The lowest BCUT2D eigenvalue weighted by Crippen LogP contribution is -2.09. The predicted octanol–water partition coefficient (Wildman–Crippen LogP) is 4.00. The zero-order chi connectivity index (χ0) is 16.9. The Morgan fingerprint density at radius 1 is 1.21 bits per heavy atom. The Bertz CT molecular complexity index is 848. The lowest BCUT2D eigenvalue weighted by molar-refractivity contribution is -0.111. The molecule has 0 saturated heterocycles. The van der Waals surface area contributed by atoms with Gasteiger partial charge in [-0.3, -0.25) is 10.1 Å². The zero-order valence-electron chi connectivity index (χ0n) is 13.6. The molecule has 0 spiro atoms. The first-order chi connectivity index (χ1) is 11.6. The lowest BCUT2D eigenvalue weighted by atomic mass is 10.2. The van der Waals surface area contributed by atoms with Crippen molar-refractivity contribution in [3.05, 3.63) is 60.2 Å². The molecule has 3 rings (SSSR count). The second-order valence-corrected chi connectivity index (χ2v) is 5.66. The highest BCUT2D eigenvalue weighted by molar-refractivity contribution is 6.01. The van der Waals surface area contributed by atoms with Crippen molar-refractivity contribution in [2.45, 2.75) is 20.0 Å². The molecule has 122 valence electrons. The fourth-order valence-corrected chi connectivity index (χ4v) is 2.31. The van der Waals surface area contributed by atoms with Gasteiger partial charge >= 0.3 is 0 Å². The van der Waals surface area contributed by atoms with E-state index in [9.17, 15) is 4.79 Å². The van der Waals surface area contributed by atoms with Crippen LogP contribution >= 0.6 is 0 Å². The average Bonchev–Trinajstić information content (AvgIpc) is 2.95. The van der Waals surface area contributed by atoms with Crippen molar-refractivity contribution in [3.8, 4) is 5.75 Å². The summed E-state index contributed by atoms with van der Waals surface area (Å²) >= 11 is 0. The van der Waals surface area contributed by atoms with Crippen LogP contribution in [0.4, 0.5) is 5.95 Å². The lowest BCUT2D eigenvalue weighted by Gasteiger charge is -2.09. The number of hydrogen-bond acceptors (Lipinski definition) is 3. The van der Waals surface area contributed by atoms with E-state index < -0.39 is 0 Å². The molecule has 0 saturated carbocycles. The number of fused-ring (bicyclic) bond motifs is 1. The van der Waals surface area contributed by atoms with Gasteiger partial charge in [0.1, 0.15) is 5.75 Å². The third-order valence-corrected chi connectivity index (χ3v) is 3.29. The largest absolute Gasteiger partial charge is 0.491 e. The van der Waals surface area contributed by atoms with E-state index in [1.807, 2.05) is 62.4 Å². The van der Waals surface area contributed by atoms with Crippen LogP contribution in [0.5, 0.6) is 5.75 Å². The minimum absolute atomic E-state index is 0.112. The van der Waals surface area contributed by atoms with Crippen LogP contribution in [0.15, 0.2) is 54.6 Å². The van der Waals surface area contributed by atoms with Gasteiger partial charge in [-0.1, -0.05) is 24.3 Å². The van der Waals surface area contributed by atoms with Gasteiger partial charge in [0.2, 0.25) is 5.95 Å². The van der Waals surface area contributed by atoms with Gasteiger partial charge in [0.15, 0.2) is 0 Å². The number of nitrogens with one attached hydrogen (secondary N) is 2. The van der Waals surface area contributed by atoms with Gasteiger partial charge in [0.25, 0.3) is 5.91 Å². The number of imidazole rings is 1. The number of hydrogen-bond donors (Lipinski definition) is 2. The van der Waals surface area contributed by atoms with Crippen molar-refractivity contribution in [3.63, 3.8) is 0 Å². The van der Waals surface area contributed by atoms with Gasteiger partial charge in [-0.2, -0.15) is 0 Å². The molecule has 1 amide bonds. The SMILES string of the molecule is CC(C)Oc1cccc(/C=C/C(=O)Nc2nc3ccccc3[nH]2)c1. The molecule has 1 heterocycles. The molecule has 0 atom stereocenters. The normalized spacial score (nSPS) is 11.3. The Balaban J connectivity index is 1.66. The molecule has 0 aliphatic carbocycles. The fourth-order valence-electron chi connectivity index (χ4n) is 2.31. The van der Waals surface area contributed by atoms with Crippen LogP contribution in [-0.2, 0) is 4.79 Å². The second-order valence-electron chi connectivity index (χ2n) is 5.66. The monoisotopic (exact) mass is 321 g/mol. The number of rotatable bonds is 5. The number of carbonyl (C=O) groups is 1. The number of nitrogens with zero attached hydrogens (tertiary/aromatic N) is 1. The van der Waals surface area contributed by atoms with Crippen LogP contribution in [0.3, 0.4) is 0 Å². The average molecular weight is 321 g/mol. The van der Waals surface area contributed by atoms with Crippen LogP contribution in [0, 0.1) is 0 Å². The van der Waals surface area contributed by atoms with E-state index >= 15 is 0 Å². The third-order valence-electron chi connectivity index (χ3n) is 3.29. The van der Waals surface area contributed by atoms with Gasteiger partial charge in [0, 0.05) is 6.08 Å². The summed E-state index contributed by atoms with van der Waals surface area (Å²) in [5, 5.41) is 2.72. The van der Waals surface area contributed by atoms with Crippen LogP contribution in [-0.4, -0.2) is 22.0 Å².